The molecule has 0 saturated carbocycles. The molecule has 0 atom stereocenters. The molecule has 8 heteroatoms. The number of anilines is 1. The topological polar surface area (TPSA) is 79.4 Å². The van der Waals surface area contributed by atoms with E-state index in [9.17, 15) is 13.2 Å². The number of thiazole rings is 1. The molecule has 134 valence electrons. The number of sulfonamides is 1. The van der Waals surface area contributed by atoms with E-state index >= 15 is 0 Å². The van der Waals surface area contributed by atoms with E-state index in [4.69, 9.17) is 0 Å². The van der Waals surface area contributed by atoms with Crippen LogP contribution in [0.15, 0.2) is 48.5 Å². The van der Waals surface area contributed by atoms with Crippen LogP contribution in [-0.2, 0) is 16.6 Å². The maximum Gasteiger partial charge on any atom is 0.251 e. The fraction of sp³-hybridized carbons (Fsp3) is 0.222. The molecule has 0 unspecified atom stereocenters. The third kappa shape index (κ3) is 3.30. The van der Waals surface area contributed by atoms with E-state index in [1.54, 1.807) is 35.6 Å². The minimum atomic E-state index is -3.21. The molecule has 1 aromatic heterocycles. The van der Waals surface area contributed by atoms with Gasteiger partial charge in [0.25, 0.3) is 5.91 Å². The van der Waals surface area contributed by atoms with Gasteiger partial charge in [-0.05, 0) is 42.8 Å². The Labute approximate surface area is 155 Å². The minimum Gasteiger partial charge on any atom is -0.346 e. The molecule has 0 radical (unpaired) electrons. The van der Waals surface area contributed by atoms with E-state index < -0.39 is 10.0 Å². The van der Waals surface area contributed by atoms with Crippen molar-refractivity contribution < 1.29 is 13.2 Å². The Morgan fingerprint density at radius 2 is 1.92 bits per heavy atom. The lowest BCUT2D eigenvalue weighted by atomic mass is 10.2. The third-order valence-corrected chi connectivity index (χ3v) is 7.16. The number of para-hydroxylation sites is 1. The second-order valence-corrected chi connectivity index (χ2v) is 9.17. The van der Waals surface area contributed by atoms with Crippen LogP contribution in [0.4, 0.5) is 5.69 Å². The van der Waals surface area contributed by atoms with E-state index in [-0.39, 0.29) is 11.7 Å². The van der Waals surface area contributed by atoms with Gasteiger partial charge in [0, 0.05) is 12.1 Å². The smallest absolute Gasteiger partial charge is 0.251 e. The van der Waals surface area contributed by atoms with E-state index in [2.05, 4.69) is 10.3 Å². The molecule has 0 spiro atoms. The van der Waals surface area contributed by atoms with Gasteiger partial charge in [-0.3, -0.25) is 9.10 Å². The molecule has 1 saturated heterocycles. The van der Waals surface area contributed by atoms with Crippen molar-refractivity contribution in [3.05, 3.63) is 59.1 Å². The van der Waals surface area contributed by atoms with Gasteiger partial charge in [-0.15, -0.1) is 11.3 Å². The molecule has 3 aromatic rings. The van der Waals surface area contributed by atoms with Gasteiger partial charge in [0.15, 0.2) is 0 Å². The van der Waals surface area contributed by atoms with E-state index in [0.717, 1.165) is 15.2 Å². The Morgan fingerprint density at radius 3 is 2.62 bits per heavy atom. The van der Waals surface area contributed by atoms with Crippen LogP contribution in [-0.4, -0.2) is 31.6 Å². The van der Waals surface area contributed by atoms with Gasteiger partial charge in [0.2, 0.25) is 10.0 Å². The zero-order valence-corrected chi connectivity index (χ0v) is 15.5. The van der Waals surface area contributed by atoms with Crippen LogP contribution in [0.3, 0.4) is 0 Å². The van der Waals surface area contributed by atoms with Crippen LogP contribution in [0.25, 0.3) is 10.2 Å². The number of nitrogens with one attached hydrogen (secondary N) is 1. The summed E-state index contributed by atoms with van der Waals surface area (Å²) in [5.74, 6) is -0.0303. The van der Waals surface area contributed by atoms with Gasteiger partial charge in [-0.1, -0.05) is 12.1 Å². The molecular weight excluding hydrogens is 370 g/mol. The number of carbonyl (C=O) groups excluding carboxylic acids is 1. The van der Waals surface area contributed by atoms with Crippen LogP contribution in [0.5, 0.6) is 0 Å². The highest BCUT2D eigenvalue weighted by molar-refractivity contribution is 7.93. The van der Waals surface area contributed by atoms with Crippen LogP contribution in [0, 0.1) is 0 Å². The molecule has 1 N–H and O–H groups in total. The first-order chi connectivity index (χ1) is 12.5. The van der Waals surface area contributed by atoms with Crippen molar-refractivity contribution in [3.8, 4) is 0 Å². The molecule has 26 heavy (non-hydrogen) atoms. The lowest BCUT2D eigenvalue weighted by Crippen LogP contribution is -2.25. The molecule has 1 aliphatic heterocycles. The Balaban J connectivity index is 1.43. The van der Waals surface area contributed by atoms with Gasteiger partial charge in [-0.25, -0.2) is 13.4 Å². The van der Waals surface area contributed by atoms with E-state index in [1.165, 1.54) is 4.31 Å². The second kappa shape index (κ2) is 6.69. The number of rotatable bonds is 4. The van der Waals surface area contributed by atoms with Crippen molar-refractivity contribution in [2.75, 3.05) is 16.6 Å². The zero-order chi connectivity index (χ0) is 18.1. The van der Waals surface area contributed by atoms with Crippen LogP contribution >= 0.6 is 11.3 Å². The maximum absolute atomic E-state index is 12.3. The minimum absolute atomic E-state index is 0.178. The van der Waals surface area contributed by atoms with Crippen LogP contribution in [0.1, 0.15) is 21.8 Å². The first-order valence-electron chi connectivity index (χ1n) is 8.26. The monoisotopic (exact) mass is 387 g/mol. The first kappa shape index (κ1) is 17.0. The number of nitrogens with zero attached hydrogens (tertiary/aromatic N) is 2. The fourth-order valence-electron chi connectivity index (χ4n) is 2.96. The van der Waals surface area contributed by atoms with Crippen molar-refractivity contribution in [2.45, 2.75) is 13.0 Å². The molecule has 1 fully saturated rings. The summed E-state index contributed by atoms with van der Waals surface area (Å²) in [4.78, 5) is 16.8. The lowest BCUT2D eigenvalue weighted by molar-refractivity contribution is 0.0951. The summed E-state index contributed by atoms with van der Waals surface area (Å²) in [6.07, 6.45) is 0.632. The molecular formula is C18H17N3O3S2. The van der Waals surface area contributed by atoms with Crippen molar-refractivity contribution >= 4 is 43.2 Å². The SMILES string of the molecule is O=C(NCc1nc2ccccc2s1)c1ccc(N2CCCS2(=O)=O)cc1. The predicted octanol–water partition coefficient (Wildman–Crippen LogP) is 2.77. The average Bonchev–Trinajstić information content (AvgIpc) is 3.22. The van der Waals surface area contributed by atoms with Gasteiger partial charge in [-0.2, -0.15) is 0 Å². The summed E-state index contributed by atoms with van der Waals surface area (Å²) in [5, 5.41) is 3.71. The quantitative estimate of drug-likeness (QED) is 0.747. The zero-order valence-electron chi connectivity index (χ0n) is 13.9. The van der Waals surface area contributed by atoms with Crippen molar-refractivity contribution in [1.29, 1.82) is 0 Å². The number of aromatic nitrogens is 1. The number of carbonyl (C=O) groups is 1. The average molecular weight is 387 g/mol. The van der Waals surface area contributed by atoms with Gasteiger partial charge in [0.1, 0.15) is 5.01 Å². The van der Waals surface area contributed by atoms with E-state index in [1.807, 2.05) is 24.3 Å². The summed E-state index contributed by atoms with van der Waals surface area (Å²) < 4.78 is 26.4. The highest BCUT2D eigenvalue weighted by Gasteiger charge is 2.28. The predicted molar refractivity (Wildman–Crippen MR) is 103 cm³/mol. The largest absolute Gasteiger partial charge is 0.346 e. The number of fused-ring (bicyclic) bond motifs is 1. The molecule has 0 aliphatic carbocycles. The normalized spacial score (nSPS) is 16.1. The van der Waals surface area contributed by atoms with Gasteiger partial charge >= 0.3 is 0 Å². The number of hydrogen-bond acceptors (Lipinski definition) is 5. The van der Waals surface area contributed by atoms with Crippen molar-refractivity contribution in [1.82, 2.24) is 10.3 Å². The summed E-state index contributed by atoms with van der Waals surface area (Å²) in [5.41, 5.74) is 2.02. The maximum atomic E-state index is 12.3. The molecule has 0 bridgehead atoms. The lowest BCUT2D eigenvalue weighted by Gasteiger charge is -2.16. The molecule has 1 aliphatic rings. The highest BCUT2D eigenvalue weighted by Crippen LogP contribution is 2.24. The molecule has 2 heterocycles. The van der Waals surface area contributed by atoms with Crippen molar-refractivity contribution in [2.24, 2.45) is 0 Å². The molecule has 2 aromatic carbocycles. The van der Waals surface area contributed by atoms with Crippen LogP contribution in [0.2, 0.25) is 0 Å². The summed E-state index contributed by atoms with van der Waals surface area (Å²) in [6, 6.07) is 14.5. The first-order valence-corrected chi connectivity index (χ1v) is 10.7. The summed E-state index contributed by atoms with van der Waals surface area (Å²) >= 11 is 1.55. The number of amides is 1. The highest BCUT2D eigenvalue weighted by atomic mass is 32.2. The summed E-state index contributed by atoms with van der Waals surface area (Å²) in [7, 11) is -3.21. The second-order valence-electron chi connectivity index (χ2n) is 6.05. The molecule has 6 nitrogen and oxygen atoms in total. The molecule has 4 rings (SSSR count). The Kier molecular flexibility index (Phi) is 4.37. The molecule has 1 amide bonds. The fourth-order valence-corrected chi connectivity index (χ4v) is 5.43. The standard InChI is InChI=1S/C18H17N3O3S2/c22-18(19-12-17-20-15-4-1-2-5-16(15)25-17)13-6-8-14(9-7-13)21-10-3-11-26(21,23)24/h1-2,4-9H,3,10-12H2,(H,19,22). The third-order valence-electron chi connectivity index (χ3n) is 4.26. The van der Waals surface area contributed by atoms with E-state index in [0.29, 0.717) is 30.8 Å². The van der Waals surface area contributed by atoms with Crippen molar-refractivity contribution in [3.63, 3.8) is 0 Å². The van der Waals surface area contributed by atoms with Crippen LogP contribution < -0.4 is 9.62 Å². The Morgan fingerprint density at radius 1 is 1.15 bits per heavy atom. The van der Waals surface area contributed by atoms with Gasteiger partial charge in [0.05, 0.1) is 28.2 Å². The van der Waals surface area contributed by atoms with Gasteiger partial charge < -0.3 is 5.32 Å². The summed E-state index contributed by atoms with van der Waals surface area (Å²) in [6.45, 7) is 0.853. The Hall–Kier alpha value is -2.45. The number of benzene rings is 2. The Bertz CT molecular complexity index is 1030. The number of hydrogen-bond donors (Lipinski definition) is 1.